The summed E-state index contributed by atoms with van der Waals surface area (Å²) in [6.07, 6.45) is 0. The minimum atomic E-state index is -4.16. The molecule has 0 aliphatic carbocycles. The Morgan fingerprint density at radius 2 is 0.949 bits per heavy atom. The Bertz CT molecular complexity index is 1120. The third-order valence-corrected chi connectivity index (χ3v) is 8.20. The van der Waals surface area contributed by atoms with Gasteiger partial charge in [-0.1, -0.05) is 107 Å². The van der Waals surface area contributed by atoms with Crippen molar-refractivity contribution in [2.75, 3.05) is 6.61 Å². The van der Waals surface area contributed by atoms with Crippen LogP contribution in [-0.4, -0.2) is 6.61 Å². The van der Waals surface area contributed by atoms with Crippen LogP contribution >= 0.6 is 7.82 Å². The number of phosphoric ester groups is 1. The molecule has 2 aromatic rings. The SMILES string of the molecule is CCOP(=O)(Oc1c(CN)cc(C(C)(C)C)cc1C(C)(C)C)Oc1c(CN)cc(C(C)(C)C)cc1C(C)(C)C. The van der Waals surface area contributed by atoms with Crippen LogP contribution in [0.25, 0.3) is 0 Å². The Balaban J connectivity index is 2.81. The second-order valence-corrected chi connectivity index (χ2v) is 16.0. The molecular weight excluding hydrogens is 507 g/mol. The Hall–Kier alpha value is -1.85. The summed E-state index contributed by atoms with van der Waals surface area (Å²) in [5.74, 6) is 0.903. The molecule has 2 aromatic carbocycles. The van der Waals surface area contributed by atoms with E-state index in [0.717, 1.165) is 33.4 Å². The van der Waals surface area contributed by atoms with Gasteiger partial charge in [0, 0.05) is 35.3 Å². The molecule has 0 saturated heterocycles. The van der Waals surface area contributed by atoms with Crippen LogP contribution in [0.5, 0.6) is 11.5 Å². The van der Waals surface area contributed by atoms with Crippen molar-refractivity contribution in [2.45, 2.75) is 125 Å². The van der Waals surface area contributed by atoms with Gasteiger partial charge in [0.15, 0.2) is 0 Å². The van der Waals surface area contributed by atoms with Crippen molar-refractivity contribution in [2.24, 2.45) is 11.5 Å². The van der Waals surface area contributed by atoms with E-state index < -0.39 is 7.82 Å². The first-order chi connectivity index (χ1) is 17.6. The number of rotatable bonds is 8. The molecule has 0 aliphatic heterocycles. The van der Waals surface area contributed by atoms with E-state index in [1.807, 2.05) is 12.1 Å². The summed E-state index contributed by atoms with van der Waals surface area (Å²) < 4.78 is 33.0. The summed E-state index contributed by atoms with van der Waals surface area (Å²) in [5, 5.41) is 0. The number of hydrogen-bond acceptors (Lipinski definition) is 6. The fourth-order valence-electron chi connectivity index (χ4n) is 4.33. The molecule has 0 atom stereocenters. The van der Waals surface area contributed by atoms with Gasteiger partial charge in [-0.05, 0) is 39.7 Å². The summed E-state index contributed by atoms with van der Waals surface area (Å²) in [7, 11) is -4.16. The predicted molar refractivity (Wildman–Crippen MR) is 164 cm³/mol. The van der Waals surface area contributed by atoms with E-state index in [0.29, 0.717) is 11.5 Å². The van der Waals surface area contributed by atoms with Crippen molar-refractivity contribution in [1.82, 2.24) is 0 Å². The first-order valence-electron chi connectivity index (χ1n) is 14.0. The molecule has 6 nitrogen and oxygen atoms in total. The van der Waals surface area contributed by atoms with Crippen molar-refractivity contribution in [3.8, 4) is 11.5 Å². The van der Waals surface area contributed by atoms with Crippen molar-refractivity contribution < 1.29 is 18.1 Å². The van der Waals surface area contributed by atoms with E-state index in [-0.39, 0.29) is 41.4 Å². The number of phosphoric acid groups is 1. The van der Waals surface area contributed by atoms with Crippen molar-refractivity contribution in [3.05, 3.63) is 57.6 Å². The number of nitrogens with two attached hydrogens (primary N) is 2. The molecule has 2 rings (SSSR count). The highest BCUT2D eigenvalue weighted by molar-refractivity contribution is 7.49. The lowest BCUT2D eigenvalue weighted by Crippen LogP contribution is -2.22. The zero-order chi connectivity index (χ0) is 30.2. The predicted octanol–water partition coefficient (Wildman–Crippen LogP) is 8.40. The zero-order valence-electron chi connectivity index (χ0n) is 26.7. The molecule has 0 bridgehead atoms. The molecule has 7 heteroatoms. The summed E-state index contributed by atoms with van der Waals surface area (Å²) >= 11 is 0. The maximum absolute atomic E-state index is 14.5. The number of hydrogen-bond donors (Lipinski definition) is 2. The van der Waals surface area contributed by atoms with Gasteiger partial charge in [0.25, 0.3) is 0 Å². The van der Waals surface area contributed by atoms with Gasteiger partial charge in [-0.2, -0.15) is 0 Å². The number of benzene rings is 2. The molecule has 39 heavy (non-hydrogen) atoms. The molecule has 0 aromatic heterocycles. The van der Waals surface area contributed by atoms with Gasteiger partial charge in [-0.3, -0.25) is 4.52 Å². The summed E-state index contributed by atoms with van der Waals surface area (Å²) in [5.41, 5.74) is 17.2. The largest absolute Gasteiger partial charge is 0.587 e. The van der Waals surface area contributed by atoms with E-state index in [2.05, 4.69) is 95.2 Å². The Morgan fingerprint density at radius 1 is 0.615 bits per heavy atom. The molecule has 0 heterocycles. The fraction of sp³-hybridized carbons (Fsp3) is 0.625. The molecule has 0 aliphatic rings. The van der Waals surface area contributed by atoms with Gasteiger partial charge >= 0.3 is 7.82 Å². The van der Waals surface area contributed by atoms with Crippen LogP contribution in [0, 0.1) is 0 Å². The second-order valence-electron chi connectivity index (χ2n) is 14.5. The van der Waals surface area contributed by atoms with E-state index in [1.54, 1.807) is 6.92 Å². The monoisotopic (exact) mass is 560 g/mol. The van der Waals surface area contributed by atoms with Gasteiger partial charge in [0.1, 0.15) is 11.5 Å². The van der Waals surface area contributed by atoms with Gasteiger partial charge < -0.3 is 20.5 Å². The van der Waals surface area contributed by atoms with Gasteiger partial charge in [-0.25, -0.2) is 4.57 Å². The van der Waals surface area contributed by atoms with Gasteiger partial charge in [0.2, 0.25) is 0 Å². The molecule has 0 unspecified atom stereocenters. The minimum absolute atomic E-state index is 0.102. The lowest BCUT2D eigenvalue weighted by Gasteiger charge is -2.32. The average molecular weight is 561 g/mol. The molecule has 0 radical (unpaired) electrons. The van der Waals surface area contributed by atoms with Gasteiger partial charge in [-0.15, -0.1) is 0 Å². The zero-order valence-corrected chi connectivity index (χ0v) is 27.6. The highest BCUT2D eigenvalue weighted by Gasteiger charge is 2.38. The summed E-state index contributed by atoms with van der Waals surface area (Å²) in [6.45, 7) is 27.9. The Labute approximate surface area is 237 Å². The van der Waals surface area contributed by atoms with Crippen LogP contribution in [0.3, 0.4) is 0 Å². The maximum Gasteiger partial charge on any atom is 0.587 e. The summed E-state index contributed by atoms with van der Waals surface area (Å²) in [6, 6.07) is 8.30. The second kappa shape index (κ2) is 11.6. The molecule has 220 valence electrons. The smallest absolute Gasteiger partial charge is 0.394 e. The standard InChI is InChI=1S/C32H53N2O4P/c1-14-36-39(35,37-27-21(19-33)15-23(29(2,3)4)17-25(27)31(8,9)10)38-28-22(20-34)16-24(30(5,6)7)18-26(28)32(11,12)13/h15-18H,14,19-20,33-34H2,1-13H3. The molecule has 0 saturated carbocycles. The molecule has 0 amide bonds. The van der Waals surface area contributed by atoms with E-state index in [9.17, 15) is 4.57 Å². The van der Waals surface area contributed by atoms with Crippen molar-refractivity contribution in [1.29, 1.82) is 0 Å². The quantitative estimate of drug-likeness (QED) is 0.315. The molecule has 0 fully saturated rings. The summed E-state index contributed by atoms with van der Waals surface area (Å²) in [4.78, 5) is 0. The lowest BCUT2D eigenvalue weighted by atomic mass is 9.79. The third kappa shape index (κ3) is 8.10. The minimum Gasteiger partial charge on any atom is -0.394 e. The first-order valence-corrected chi connectivity index (χ1v) is 15.4. The normalized spacial score (nSPS) is 13.5. The van der Waals surface area contributed by atoms with E-state index in [1.165, 1.54) is 0 Å². The van der Waals surface area contributed by atoms with Crippen LogP contribution < -0.4 is 20.5 Å². The highest BCUT2D eigenvalue weighted by atomic mass is 31.2. The topological polar surface area (TPSA) is 96.8 Å². The van der Waals surface area contributed by atoms with Crippen LogP contribution in [0.1, 0.15) is 123 Å². The Kier molecular flexibility index (Phi) is 9.89. The average Bonchev–Trinajstić information content (AvgIpc) is 2.76. The Morgan fingerprint density at radius 3 is 1.18 bits per heavy atom. The van der Waals surface area contributed by atoms with Crippen molar-refractivity contribution in [3.63, 3.8) is 0 Å². The molecular formula is C32H53N2O4P. The molecule has 0 spiro atoms. The third-order valence-electron chi connectivity index (χ3n) is 6.81. The lowest BCUT2D eigenvalue weighted by molar-refractivity contribution is 0.216. The van der Waals surface area contributed by atoms with Crippen LogP contribution in [0.4, 0.5) is 0 Å². The van der Waals surface area contributed by atoms with Crippen LogP contribution in [0.2, 0.25) is 0 Å². The van der Waals surface area contributed by atoms with E-state index in [4.69, 9.17) is 25.0 Å². The van der Waals surface area contributed by atoms with Crippen LogP contribution in [-0.2, 0) is 43.8 Å². The maximum atomic E-state index is 14.5. The highest BCUT2D eigenvalue weighted by Crippen LogP contribution is 2.55. The van der Waals surface area contributed by atoms with Crippen LogP contribution in [0.15, 0.2) is 24.3 Å². The van der Waals surface area contributed by atoms with Crippen molar-refractivity contribution >= 4 is 7.82 Å². The van der Waals surface area contributed by atoms with E-state index >= 15 is 0 Å². The van der Waals surface area contributed by atoms with Gasteiger partial charge in [0.05, 0.1) is 6.61 Å². The first kappa shape index (κ1) is 33.4. The fourth-order valence-corrected chi connectivity index (χ4v) is 5.67. The molecule has 4 N–H and O–H groups in total.